The smallest absolute Gasteiger partial charge is 0.308 e. The van der Waals surface area contributed by atoms with E-state index in [0.717, 1.165) is 0 Å². The molecule has 4 nitrogen and oxygen atoms in total. The number of carbonyl (C=O) groups is 2. The van der Waals surface area contributed by atoms with Crippen molar-refractivity contribution >= 4 is 46.4 Å². The number of ketones is 1. The van der Waals surface area contributed by atoms with Gasteiger partial charge in [-0.15, -0.1) is 0 Å². The second-order valence-electron chi connectivity index (χ2n) is 3.94. The molecule has 6 heteroatoms. The number of nitrogens with zero attached hydrogens (tertiary/aromatic N) is 1. The standard InChI is InChI=1S/C14H9Cl2NO3/c1-8(18)20-14-12(15)6-10(7-13(14)16)17-9-2-4-11(19)5-3-9/h2-7H,1H3. The lowest BCUT2D eigenvalue weighted by Crippen LogP contribution is -2.02. The van der Waals surface area contributed by atoms with Crippen molar-refractivity contribution in [2.75, 3.05) is 0 Å². The molecule has 1 aliphatic carbocycles. The summed E-state index contributed by atoms with van der Waals surface area (Å²) in [7, 11) is 0. The summed E-state index contributed by atoms with van der Waals surface area (Å²) in [5.41, 5.74) is 1.09. The van der Waals surface area contributed by atoms with Crippen LogP contribution >= 0.6 is 23.2 Å². The van der Waals surface area contributed by atoms with Gasteiger partial charge < -0.3 is 4.74 Å². The van der Waals surface area contributed by atoms with Gasteiger partial charge in [-0.25, -0.2) is 4.99 Å². The largest absolute Gasteiger partial charge is 0.424 e. The minimum Gasteiger partial charge on any atom is -0.424 e. The molecule has 2 rings (SSSR count). The molecular formula is C14H9Cl2NO3. The third-order valence-electron chi connectivity index (χ3n) is 2.32. The topological polar surface area (TPSA) is 55.7 Å². The summed E-state index contributed by atoms with van der Waals surface area (Å²) in [6.45, 7) is 1.26. The van der Waals surface area contributed by atoms with Gasteiger partial charge in [0, 0.05) is 6.92 Å². The van der Waals surface area contributed by atoms with Crippen molar-refractivity contribution < 1.29 is 14.3 Å². The number of carbonyl (C=O) groups excluding carboxylic acids is 2. The third-order valence-corrected chi connectivity index (χ3v) is 2.89. The SMILES string of the molecule is CC(=O)Oc1c(Cl)cc(N=C2C=CC(=O)C=C2)cc1Cl. The first-order valence-corrected chi connectivity index (χ1v) is 6.37. The monoisotopic (exact) mass is 309 g/mol. The van der Waals surface area contributed by atoms with Crippen LogP contribution in [0.3, 0.4) is 0 Å². The summed E-state index contributed by atoms with van der Waals surface area (Å²) in [6, 6.07) is 3.05. The van der Waals surface area contributed by atoms with Crippen LogP contribution in [0.5, 0.6) is 5.75 Å². The molecule has 0 bridgehead atoms. The van der Waals surface area contributed by atoms with Crippen molar-refractivity contribution in [1.82, 2.24) is 0 Å². The Bertz CT molecular complexity index is 634. The van der Waals surface area contributed by atoms with Crippen LogP contribution in [0.1, 0.15) is 6.92 Å². The van der Waals surface area contributed by atoms with Crippen LogP contribution in [0.25, 0.3) is 0 Å². The fourth-order valence-electron chi connectivity index (χ4n) is 1.52. The van der Waals surface area contributed by atoms with E-state index >= 15 is 0 Å². The molecule has 102 valence electrons. The van der Waals surface area contributed by atoms with Crippen LogP contribution in [0.2, 0.25) is 10.0 Å². The molecule has 0 aromatic heterocycles. The number of esters is 1. The predicted octanol–water partition coefficient (Wildman–Crippen LogP) is 3.69. The van der Waals surface area contributed by atoms with Crippen LogP contribution in [0.15, 0.2) is 41.4 Å². The van der Waals surface area contributed by atoms with E-state index < -0.39 is 5.97 Å². The van der Waals surface area contributed by atoms with Gasteiger partial charge in [0.2, 0.25) is 0 Å². The zero-order valence-corrected chi connectivity index (χ0v) is 11.9. The van der Waals surface area contributed by atoms with Crippen molar-refractivity contribution in [3.63, 3.8) is 0 Å². The second kappa shape index (κ2) is 6.03. The minimum atomic E-state index is -0.510. The van der Waals surface area contributed by atoms with Gasteiger partial charge in [-0.05, 0) is 36.4 Å². The summed E-state index contributed by atoms with van der Waals surface area (Å²) in [4.78, 5) is 26.2. The summed E-state index contributed by atoms with van der Waals surface area (Å²) in [5, 5.41) is 0.374. The molecule has 0 N–H and O–H groups in total. The first kappa shape index (κ1) is 14.5. The van der Waals surface area contributed by atoms with Crippen LogP contribution in [-0.2, 0) is 9.59 Å². The normalized spacial score (nSPS) is 13.6. The molecule has 0 saturated carbocycles. The molecule has 1 aromatic rings. The van der Waals surface area contributed by atoms with Crippen LogP contribution < -0.4 is 4.74 Å². The molecule has 0 heterocycles. The van der Waals surface area contributed by atoms with Gasteiger partial charge in [-0.1, -0.05) is 23.2 Å². The lowest BCUT2D eigenvalue weighted by molar-refractivity contribution is -0.131. The number of hydrogen-bond donors (Lipinski definition) is 0. The molecular weight excluding hydrogens is 301 g/mol. The summed E-state index contributed by atoms with van der Waals surface area (Å²) < 4.78 is 4.91. The van der Waals surface area contributed by atoms with Gasteiger partial charge in [-0.2, -0.15) is 0 Å². The number of rotatable bonds is 2. The Hall–Kier alpha value is -1.91. The summed E-state index contributed by atoms with van der Waals surface area (Å²) >= 11 is 12.0. The summed E-state index contributed by atoms with van der Waals surface area (Å²) in [5.74, 6) is -0.496. The van der Waals surface area contributed by atoms with Gasteiger partial charge in [-0.3, -0.25) is 9.59 Å². The van der Waals surface area contributed by atoms with Crippen LogP contribution in [0.4, 0.5) is 5.69 Å². The van der Waals surface area contributed by atoms with E-state index in [1.807, 2.05) is 0 Å². The fourth-order valence-corrected chi connectivity index (χ4v) is 2.07. The molecule has 0 atom stereocenters. The molecule has 1 aliphatic rings. The lowest BCUT2D eigenvalue weighted by Gasteiger charge is -2.07. The van der Waals surface area contributed by atoms with E-state index in [4.69, 9.17) is 27.9 Å². The van der Waals surface area contributed by atoms with Gasteiger partial charge >= 0.3 is 5.97 Å². The van der Waals surface area contributed by atoms with E-state index in [2.05, 4.69) is 4.99 Å². The first-order valence-electron chi connectivity index (χ1n) is 5.62. The predicted molar refractivity (Wildman–Crippen MR) is 78.2 cm³/mol. The highest BCUT2D eigenvalue weighted by atomic mass is 35.5. The van der Waals surface area contributed by atoms with E-state index in [9.17, 15) is 9.59 Å². The second-order valence-corrected chi connectivity index (χ2v) is 4.75. The highest BCUT2D eigenvalue weighted by Gasteiger charge is 2.12. The Balaban J connectivity index is 2.34. The van der Waals surface area contributed by atoms with Crippen LogP contribution in [-0.4, -0.2) is 17.5 Å². The van der Waals surface area contributed by atoms with E-state index in [0.29, 0.717) is 11.4 Å². The van der Waals surface area contributed by atoms with Gasteiger partial charge in [0.25, 0.3) is 0 Å². The lowest BCUT2D eigenvalue weighted by atomic mass is 10.1. The number of benzene rings is 1. The van der Waals surface area contributed by atoms with E-state index in [1.54, 1.807) is 12.2 Å². The maximum absolute atomic E-state index is 11.0. The Labute approximate surface area is 125 Å². The average Bonchev–Trinajstić information content (AvgIpc) is 2.36. The van der Waals surface area contributed by atoms with Crippen molar-refractivity contribution in [3.05, 3.63) is 46.5 Å². The number of allylic oxidation sites excluding steroid dienone is 4. The molecule has 0 aliphatic heterocycles. The maximum atomic E-state index is 11.0. The molecule has 0 radical (unpaired) electrons. The maximum Gasteiger partial charge on any atom is 0.308 e. The van der Waals surface area contributed by atoms with Crippen molar-refractivity contribution in [2.24, 2.45) is 4.99 Å². The van der Waals surface area contributed by atoms with Gasteiger partial charge in [0.1, 0.15) is 0 Å². The Morgan fingerprint density at radius 3 is 2.15 bits per heavy atom. The quantitative estimate of drug-likeness (QED) is 0.475. The van der Waals surface area contributed by atoms with Crippen molar-refractivity contribution in [2.45, 2.75) is 6.92 Å². The van der Waals surface area contributed by atoms with Crippen LogP contribution in [0, 0.1) is 0 Å². The Morgan fingerprint density at radius 2 is 1.65 bits per heavy atom. The third kappa shape index (κ3) is 3.56. The highest BCUT2D eigenvalue weighted by Crippen LogP contribution is 2.37. The molecule has 0 fully saturated rings. The van der Waals surface area contributed by atoms with Crippen molar-refractivity contribution in [1.29, 1.82) is 0 Å². The number of halogens is 2. The first-order chi connectivity index (χ1) is 9.45. The molecule has 0 unspecified atom stereocenters. The average molecular weight is 310 g/mol. The highest BCUT2D eigenvalue weighted by molar-refractivity contribution is 6.37. The molecule has 1 aromatic carbocycles. The van der Waals surface area contributed by atoms with Crippen molar-refractivity contribution in [3.8, 4) is 5.75 Å². The summed E-state index contributed by atoms with van der Waals surface area (Å²) in [6.07, 6.45) is 6.00. The number of ether oxygens (including phenoxy) is 1. The molecule has 0 amide bonds. The Morgan fingerprint density at radius 1 is 1.10 bits per heavy atom. The van der Waals surface area contributed by atoms with Gasteiger partial charge in [0.05, 0.1) is 21.4 Å². The van der Waals surface area contributed by atoms with E-state index in [1.165, 1.54) is 31.2 Å². The number of hydrogen-bond acceptors (Lipinski definition) is 4. The molecule has 0 spiro atoms. The zero-order chi connectivity index (χ0) is 14.7. The number of aliphatic imine (C=N–C) groups is 1. The molecule has 20 heavy (non-hydrogen) atoms. The van der Waals surface area contributed by atoms with Gasteiger partial charge in [0.15, 0.2) is 11.5 Å². The zero-order valence-electron chi connectivity index (χ0n) is 10.4. The Kier molecular flexibility index (Phi) is 4.37. The van der Waals surface area contributed by atoms with E-state index in [-0.39, 0.29) is 21.6 Å². The fraction of sp³-hybridized carbons (Fsp3) is 0.0714. The minimum absolute atomic E-state index is 0.0924. The molecule has 0 saturated heterocycles.